The Kier molecular flexibility index (Phi) is 3.11. The van der Waals surface area contributed by atoms with Gasteiger partial charge in [-0.25, -0.2) is 4.79 Å². The topological polar surface area (TPSA) is 46.6 Å². The van der Waals surface area contributed by atoms with Crippen LogP contribution in [0.2, 0.25) is 0 Å². The number of hydrogen-bond acceptors (Lipinski definition) is 3. The van der Waals surface area contributed by atoms with Gasteiger partial charge in [-0.2, -0.15) is 0 Å². The smallest absolute Gasteiger partial charge is 0.410 e. The van der Waals surface area contributed by atoms with Gasteiger partial charge in [0.15, 0.2) is 5.78 Å². The highest BCUT2D eigenvalue weighted by molar-refractivity contribution is 5.91. The van der Waals surface area contributed by atoms with E-state index >= 15 is 0 Å². The third-order valence-electron chi connectivity index (χ3n) is 5.14. The minimum Gasteiger partial charge on any atom is -0.444 e. The number of Topliss-reactive ketones (excluding diaryl/α,β-unsaturated/α-hetero) is 1. The molecule has 1 amide bonds. The van der Waals surface area contributed by atoms with Gasteiger partial charge in [-0.05, 0) is 39.5 Å². The summed E-state index contributed by atoms with van der Waals surface area (Å²) in [6.45, 7) is 6.57. The van der Waals surface area contributed by atoms with Gasteiger partial charge in [-0.15, -0.1) is 0 Å². The molecule has 112 valence electrons. The Balaban J connectivity index is 1.74. The molecule has 3 aliphatic rings. The van der Waals surface area contributed by atoms with Crippen molar-refractivity contribution >= 4 is 11.9 Å². The Hall–Kier alpha value is -1.06. The van der Waals surface area contributed by atoms with Crippen LogP contribution >= 0.6 is 0 Å². The minimum absolute atomic E-state index is 0.0999. The normalized spacial score (nSPS) is 36.8. The van der Waals surface area contributed by atoms with Crippen LogP contribution < -0.4 is 0 Å². The van der Waals surface area contributed by atoms with Crippen molar-refractivity contribution in [1.29, 1.82) is 0 Å². The first-order valence-electron chi connectivity index (χ1n) is 7.84. The summed E-state index contributed by atoms with van der Waals surface area (Å²) in [6.07, 6.45) is 5.65. The van der Waals surface area contributed by atoms with E-state index in [0.717, 1.165) is 13.0 Å². The van der Waals surface area contributed by atoms with Crippen LogP contribution in [0, 0.1) is 17.3 Å². The summed E-state index contributed by atoms with van der Waals surface area (Å²) in [6, 6.07) is 0. The van der Waals surface area contributed by atoms with E-state index in [0.29, 0.717) is 5.92 Å². The molecule has 2 saturated carbocycles. The van der Waals surface area contributed by atoms with Crippen LogP contribution in [0.15, 0.2) is 0 Å². The molecule has 20 heavy (non-hydrogen) atoms. The van der Waals surface area contributed by atoms with Crippen LogP contribution in [0.5, 0.6) is 0 Å². The van der Waals surface area contributed by atoms with Gasteiger partial charge in [0.25, 0.3) is 0 Å². The zero-order chi connectivity index (χ0) is 14.5. The fraction of sp³-hybridized carbons (Fsp3) is 0.875. The highest BCUT2D eigenvalue weighted by Gasteiger charge is 2.69. The van der Waals surface area contributed by atoms with Crippen molar-refractivity contribution in [3.63, 3.8) is 0 Å². The molecule has 1 aliphatic heterocycles. The highest BCUT2D eigenvalue weighted by Crippen LogP contribution is 2.67. The second-order valence-electron chi connectivity index (χ2n) is 7.72. The number of piperidine rings is 1. The summed E-state index contributed by atoms with van der Waals surface area (Å²) < 4.78 is 5.43. The van der Waals surface area contributed by atoms with Gasteiger partial charge in [0.05, 0.1) is 6.54 Å². The van der Waals surface area contributed by atoms with E-state index in [4.69, 9.17) is 4.74 Å². The molecular formula is C16H25NO3. The average molecular weight is 279 g/mol. The van der Waals surface area contributed by atoms with Crippen molar-refractivity contribution < 1.29 is 14.3 Å². The molecule has 0 aromatic carbocycles. The van der Waals surface area contributed by atoms with Crippen LogP contribution in [0.4, 0.5) is 4.79 Å². The lowest BCUT2D eigenvalue weighted by Gasteiger charge is -2.33. The third-order valence-corrected chi connectivity index (χ3v) is 5.14. The lowest BCUT2D eigenvalue weighted by Crippen LogP contribution is -2.47. The number of hydrogen-bond donors (Lipinski definition) is 0. The Labute approximate surface area is 120 Å². The Morgan fingerprint density at radius 1 is 1.30 bits per heavy atom. The Morgan fingerprint density at radius 2 is 2.05 bits per heavy atom. The summed E-state index contributed by atoms with van der Waals surface area (Å²) in [5.41, 5.74) is -0.399. The van der Waals surface area contributed by atoms with Gasteiger partial charge in [0, 0.05) is 17.9 Å². The van der Waals surface area contributed by atoms with E-state index in [1.54, 1.807) is 4.90 Å². The molecule has 4 nitrogen and oxygen atoms in total. The van der Waals surface area contributed by atoms with E-state index < -0.39 is 5.60 Å². The largest absolute Gasteiger partial charge is 0.444 e. The molecule has 0 aromatic rings. The van der Waals surface area contributed by atoms with E-state index in [2.05, 4.69) is 0 Å². The van der Waals surface area contributed by atoms with Gasteiger partial charge in [-0.3, -0.25) is 4.79 Å². The maximum Gasteiger partial charge on any atom is 0.410 e. The number of fused-ring (bicyclic) bond motifs is 1. The number of amides is 1. The first-order valence-corrected chi connectivity index (χ1v) is 7.84. The number of carbonyl (C=O) groups excluding carboxylic acids is 2. The molecule has 3 atom stereocenters. The zero-order valence-corrected chi connectivity index (χ0v) is 12.8. The molecular weight excluding hydrogens is 254 g/mol. The molecule has 1 heterocycles. The maximum atomic E-state index is 12.3. The minimum atomic E-state index is -0.499. The quantitative estimate of drug-likeness (QED) is 0.685. The first-order chi connectivity index (χ1) is 9.33. The van der Waals surface area contributed by atoms with Crippen LogP contribution in [-0.2, 0) is 9.53 Å². The molecule has 2 unspecified atom stereocenters. The van der Waals surface area contributed by atoms with Gasteiger partial charge >= 0.3 is 6.09 Å². The van der Waals surface area contributed by atoms with Crippen LogP contribution in [0.25, 0.3) is 0 Å². The standard InChI is InChI=1S/C16H25NO3/c1-15(2,3)20-14(19)17-9-12(18)13-11-7-5-4-6-8-16(11,13)10-17/h11,13H,4-10H2,1-3H3/t11?,13-,16?/m0/s1. The molecule has 2 aliphatic carbocycles. The third kappa shape index (κ3) is 2.23. The average Bonchev–Trinajstić information content (AvgIpc) is 2.96. The molecule has 3 rings (SSSR count). The fourth-order valence-electron chi connectivity index (χ4n) is 4.36. The van der Waals surface area contributed by atoms with E-state index in [1.807, 2.05) is 20.8 Å². The summed E-state index contributed by atoms with van der Waals surface area (Å²) in [7, 11) is 0. The predicted octanol–water partition coefficient (Wildman–Crippen LogP) is 3.00. The predicted molar refractivity (Wildman–Crippen MR) is 75.3 cm³/mol. The van der Waals surface area contributed by atoms with Crippen molar-refractivity contribution in [2.75, 3.05) is 13.1 Å². The Morgan fingerprint density at radius 3 is 2.75 bits per heavy atom. The second-order valence-corrected chi connectivity index (χ2v) is 7.72. The molecule has 0 radical (unpaired) electrons. The number of likely N-dealkylation sites (tertiary alicyclic amines) is 1. The monoisotopic (exact) mass is 279 g/mol. The van der Waals surface area contributed by atoms with E-state index in [9.17, 15) is 9.59 Å². The van der Waals surface area contributed by atoms with Gasteiger partial charge in [0.1, 0.15) is 5.60 Å². The number of ketones is 1. The number of rotatable bonds is 0. The SMILES string of the molecule is CC(C)(C)OC(=O)N1CC(=O)[C@@H]2C3CCCCCC32C1. The second kappa shape index (κ2) is 4.47. The van der Waals surface area contributed by atoms with Crippen molar-refractivity contribution in [1.82, 2.24) is 4.90 Å². The summed E-state index contributed by atoms with van der Waals surface area (Å²) in [4.78, 5) is 26.2. The maximum absolute atomic E-state index is 12.3. The van der Waals surface area contributed by atoms with Crippen molar-refractivity contribution in [2.24, 2.45) is 17.3 Å². The number of ether oxygens (including phenoxy) is 1. The van der Waals surface area contributed by atoms with Crippen LogP contribution in [0.3, 0.4) is 0 Å². The van der Waals surface area contributed by atoms with Crippen molar-refractivity contribution in [2.45, 2.75) is 58.5 Å². The fourth-order valence-corrected chi connectivity index (χ4v) is 4.36. The lowest BCUT2D eigenvalue weighted by molar-refractivity contribution is -0.124. The van der Waals surface area contributed by atoms with Gasteiger partial charge in [-0.1, -0.05) is 19.3 Å². The van der Waals surface area contributed by atoms with Crippen molar-refractivity contribution in [3.05, 3.63) is 0 Å². The molecule has 4 heteroatoms. The van der Waals surface area contributed by atoms with Gasteiger partial charge in [0.2, 0.25) is 0 Å². The van der Waals surface area contributed by atoms with E-state index in [1.165, 1.54) is 25.7 Å². The van der Waals surface area contributed by atoms with Crippen LogP contribution in [-0.4, -0.2) is 35.5 Å². The zero-order valence-electron chi connectivity index (χ0n) is 12.8. The summed E-state index contributed by atoms with van der Waals surface area (Å²) in [5.74, 6) is 1.03. The molecule has 3 fully saturated rings. The Bertz CT molecular complexity index is 439. The number of nitrogens with zero attached hydrogens (tertiary/aromatic N) is 1. The highest BCUT2D eigenvalue weighted by atomic mass is 16.6. The molecule has 0 N–H and O–H groups in total. The van der Waals surface area contributed by atoms with Crippen molar-refractivity contribution in [3.8, 4) is 0 Å². The van der Waals surface area contributed by atoms with Crippen LogP contribution in [0.1, 0.15) is 52.9 Å². The lowest BCUT2D eigenvalue weighted by atomic mass is 9.91. The van der Waals surface area contributed by atoms with Gasteiger partial charge < -0.3 is 9.64 Å². The molecule has 1 spiro atoms. The first kappa shape index (κ1) is 13.9. The molecule has 1 saturated heterocycles. The molecule has 0 aromatic heterocycles. The molecule has 0 bridgehead atoms. The van der Waals surface area contributed by atoms with E-state index in [-0.39, 0.29) is 29.8 Å². The summed E-state index contributed by atoms with van der Waals surface area (Å²) in [5, 5.41) is 0. The summed E-state index contributed by atoms with van der Waals surface area (Å²) >= 11 is 0. The number of carbonyl (C=O) groups is 2.